The Morgan fingerprint density at radius 1 is 0.875 bits per heavy atom. The van der Waals surface area contributed by atoms with Gasteiger partial charge in [0.1, 0.15) is 0 Å². The normalized spacial score (nSPS) is 16.1. The minimum absolute atomic E-state index is 0.0232. The number of alkyl halides is 6. The molecule has 3 rings (SSSR count). The zero-order chi connectivity index (χ0) is 23.4. The van der Waals surface area contributed by atoms with Crippen LogP contribution in [0, 0.1) is 17.8 Å². The first-order chi connectivity index (χ1) is 15.0. The van der Waals surface area contributed by atoms with E-state index in [1.165, 1.54) is 0 Å². The number of benzene rings is 2. The number of hydrogen-bond acceptors (Lipinski definition) is 2. The Bertz CT molecular complexity index is 961. The molecule has 0 radical (unpaired) electrons. The van der Waals surface area contributed by atoms with Crippen molar-refractivity contribution < 1.29 is 35.9 Å². The molecule has 2 aromatic rings. The van der Waals surface area contributed by atoms with Crippen molar-refractivity contribution >= 4 is 5.97 Å². The molecule has 1 atom stereocenters. The molecule has 32 heavy (non-hydrogen) atoms. The van der Waals surface area contributed by atoms with Gasteiger partial charge in [-0.25, -0.2) is 4.79 Å². The Morgan fingerprint density at radius 3 is 1.97 bits per heavy atom. The lowest BCUT2D eigenvalue weighted by Crippen LogP contribution is -2.28. The third-order valence-electron chi connectivity index (χ3n) is 5.27. The van der Waals surface area contributed by atoms with Gasteiger partial charge in [-0.15, -0.1) is 0 Å². The molecular formula is C24H20F6O2. The number of ether oxygens (including phenoxy) is 1. The molecule has 0 heterocycles. The lowest BCUT2D eigenvalue weighted by molar-refractivity contribution is -0.143. The maximum absolute atomic E-state index is 13.1. The van der Waals surface area contributed by atoms with Crippen LogP contribution in [0.5, 0.6) is 0 Å². The van der Waals surface area contributed by atoms with Gasteiger partial charge in [-0.3, -0.25) is 0 Å². The molecule has 170 valence electrons. The highest BCUT2D eigenvalue weighted by atomic mass is 19.4. The minimum atomic E-state index is -5.05. The third kappa shape index (κ3) is 6.28. The van der Waals surface area contributed by atoms with Crippen molar-refractivity contribution in [3.63, 3.8) is 0 Å². The summed E-state index contributed by atoms with van der Waals surface area (Å²) in [5.74, 6) is 4.34. The van der Waals surface area contributed by atoms with Crippen LogP contribution in [0.2, 0.25) is 0 Å². The summed E-state index contributed by atoms with van der Waals surface area (Å²) in [5, 5.41) is 0. The van der Waals surface area contributed by atoms with E-state index < -0.39 is 41.1 Å². The van der Waals surface area contributed by atoms with Crippen molar-refractivity contribution in [1.82, 2.24) is 0 Å². The highest BCUT2D eigenvalue weighted by Crippen LogP contribution is 2.37. The molecule has 0 amide bonds. The Kier molecular flexibility index (Phi) is 7.17. The second-order valence-electron chi connectivity index (χ2n) is 7.65. The monoisotopic (exact) mass is 454 g/mol. The first-order valence-corrected chi connectivity index (χ1v) is 10.1. The lowest BCUT2D eigenvalue weighted by Gasteiger charge is -2.26. The molecule has 1 aliphatic rings. The van der Waals surface area contributed by atoms with Gasteiger partial charge in [-0.2, -0.15) is 26.3 Å². The summed E-state index contributed by atoms with van der Waals surface area (Å²) in [4.78, 5) is 12.6. The summed E-state index contributed by atoms with van der Waals surface area (Å²) in [6.45, 7) is 0. The van der Waals surface area contributed by atoms with Crippen LogP contribution in [-0.4, -0.2) is 12.1 Å². The average molecular weight is 454 g/mol. The highest BCUT2D eigenvalue weighted by Gasteiger charge is 2.38. The van der Waals surface area contributed by atoms with Crippen LogP contribution in [0.4, 0.5) is 26.3 Å². The minimum Gasteiger partial charge on any atom is -0.445 e. The van der Waals surface area contributed by atoms with Crippen LogP contribution < -0.4 is 0 Å². The zero-order valence-corrected chi connectivity index (χ0v) is 16.9. The molecular weight excluding hydrogens is 434 g/mol. The van der Waals surface area contributed by atoms with Gasteiger partial charge in [0.05, 0.1) is 16.7 Å². The van der Waals surface area contributed by atoms with Gasteiger partial charge < -0.3 is 4.74 Å². The molecule has 1 aliphatic carbocycles. The largest absolute Gasteiger partial charge is 0.445 e. The van der Waals surface area contributed by atoms with E-state index in [0.717, 1.165) is 19.3 Å². The van der Waals surface area contributed by atoms with Gasteiger partial charge in [-0.1, -0.05) is 49.3 Å². The summed E-state index contributed by atoms with van der Waals surface area (Å²) in [7, 11) is 0. The van der Waals surface area contributed by atoms with Crippen molar-refractivity contribution in [3.05, 3.63) is 70.8 Å². The molecule has 0 saturated heterocycles. The number of rotatable bonds is 3. The van der Waals surface area contributed by atoms with E-state index in [-0.39, 0.29) is 12.0 Å². The average Bonchev–Trinajstić information content (AvgIpc) is 2.76. The topological polar surface area (TPSA) is 26.3 Å². The van der Waals surface area contributed by atoms with Crippen LogP contribution in [0.3, 0.4) is 0 Å². The molecule has 0 bridgehead atoms. The van der Waals surface area contributed by atoms with E-state index >= 15 is 0 Å². The van der Waals surface area contributed by atoms with Crippen LogP contribution >= 0.6 is 0 Å². The SMILES string of the molecule is O=C(OC(C#Cc1ccccc1)C1CCCCC1)c1cc(C(F)(F)F)cc(C(F)(F)F)c1. The summed E-state index contributed by atoms with van der Waals surface area (Å²) < 4.78 is 84.1. The van der Waals surface area contributed by atoms with Gasteiger partial charge >= 0.3 is 18.3 Å². The van der Waals surface area contributed by atoms with Crippen LogP contribution in [0.15, 0.2) is 48.5 Å². The second-order valence-corrected chi connectivity index (χ2v) is 7.65. The predicted molar refractivity (Wildman–Crippen MR) is 106 cm³/mol. The van der Waals surface area contributed by atoms with Crippen molar-refractivity contribution in [2.24, 2.45) is 5.92 Å². The predicted octanol–water partition coefficient (Wildman–Crippen LogP) is 6.88. The number of hydrogen-bond donors (Lipinski definition) is 0. The maximum atomic E-state index is 13.1. The Hall–Kier alpha value is -2.95. The van der Waals surface area contributed by atoms with Crippen LogP contribution in [0.1, 0.15) is 59.2 Å². The standard InChI is InChI=1S/C24H20F6O2/c25-23(26,27)19-13-18(14-20(15-19)24(28,29)30)22(31)32-21(17-9-5-2-6-10-17)12-11-16-7-3-1-4-8-16/h1,3-4,7-8,13-15,17,21H,2,5-6,9-10H2. The van der Waals surface area contributed by atoms with E-state index in [9.17, 15) is 31.1 Å². The van der Waals surface area contributed by atoms with E-state index in [0.29, 0.717) is 30.5 Å². The number of halogens is 6. The number of carbonyl (C=O) groups is 1. The summed E-state index contributed by atoms with van der Waals surface area (Å²) in [6, 6.07) is 9.56. The van der Waals surface area contributed by atoms with Crippen LogP contribution in [0.25, 0.3) is 0 Å². The molecule has 8 heteroatoms. The molecule has 0 spiro atoms. The highest BCUT2D eigenvalue weighted by molar-refractivity contribution is 5.90. The summed E-state index contributed by atoms with van der Waals surface area (Å²) >= 11 is 0. The third-order valence-corrected chi connectivity index (χ3v) is 5.27. The fraction of sp³-hybridized carbons (Fsp3) is 0.375. The lowest BCUT2D eigenvalue weighted by atomic mass is 9.85. The maximum Gasteiger partial charge on any atom is 0.416 e. The molecule has 1 fully saturated rings. The molecule has 0 N–H and O–H groups in total. The van der Waals surface area contributed by atoms with Gasteiger partial charge in [0.2, 0.25) is 0 Å². The first-order valence-electron chi connectivity index (χ1n) is 10.1. The van der Waals surface area contributed by atoms with E-state index in [1.54, 1.807) is 30.3 Å². The van der Waals surface area contributed by atoms with Crippen molar-refractivity contribution in [2.45, 2.75) is 50.6 Å². The quantitative estimate of drug-likeness (QED) is 0.287. The second kappa shape index (κ2) is 9.68. The Balaban J connectivity index is 1.92. The fourth-order valence-electron chi connectivity index (χ4n) is 3.61. The summed E-state index contributed by atoms with van der Waals surface area (Å²) in [6.07, 6.45) is -6.85. The van der Waals surface area contributed by atoms with Crippen molar-refractivity contribution in [2.75, 3.05) is 0 Å². The van der Waals surface area contributed by atoms with Crippen LogP contribution in [-0.2, 0) is 17.1 Å². The fourth-order valence-corrected chi connectivity index (χ4v) is 3.61. The first kappa shape index (κ1) is 23.7. The molecule has 2 aromatic carbocycles. The Morgan fingerprint density at radius 2 is 1.44 bits per heavy atom. The van der Waals surface area contributed by atoms with Gasteiger partial charge in [-0.05, 0) is 43.2 Å². The molecule has 0 aliphatic heterocycles. The van der Waals surface area contributed by atoms with E-state index in [1.807, 2.05) is 0 Å². The zero-order valence-electron chi connectivity index (χ0n) is 16.9. The van der Waals surface area contributed by atoms with Gasteiger partial charge in [0, 0.05) is 11.5 Å². The number of carbonyl (C=O) groups excluding carboxylic acids is 1. The van der Waals surface area contributed by atoms with E-state index in [4.69, 9.17) is 4.74 Å². The van der Waals surface area contributed by atoms with Gasteiger partial charge in [0.15, 0.2) is 6.10 Å². The molecule has 1 saturated carbocycles. The van der Waals surface area contributed by atoms with Crippen molar-refractivity contribution in [3.8, 4) is 11.8 Å². The molecule has 1 unspecified atom stereocenters. The smallest absolute Gasteiger partial charge is 0.416 e. The van der Waals surface area contributed by atoms with E-state index in [2.05, 4.69) is 11.8 Å². The Labute approximate surface area is 181 Å². The number of esters is 1. The van der Waals surface area contributed by atoms with Gasteiger partial charge in [0.25, 0.3) is 0 Å². The van der Waals surface area contributed by atoms with Crippen molar-refractivity contribution in [1.29, 1.82) is 0 Å². The summed E-state index contributed by atoms with van der Waals surface area (Å²) in [5.41, 5.74) is -3.29. The molecule has 2 nitrogen and oxygen atoms in total. The molecule has 0 aromatic heterocycles.